The number of nitriles is 1. The monoisotopic (exact) mass is 385 g/mol. The van der Waals surface area contributed by atoms with Gasteiger partial charge in [-0.2, -0.15) is 5.26 Å². The van der Waals surface area contributed by atoms with Crippen molar-refractivity contribution < 1.29 is 9.47 Å². The normalized spacial score (nSPS) is 14.9. The number of aromatic amines is 1. The molecule has 1 aliphatic heterocycles. The van der Waals surface area contributed by atoms with Crippen LogP contribution >= 0.6 is 0 Å². The third-order valence-electron chi connectivity index (χ3n) is 5.09. The van der Waals surface area contributed by atoms with Crippen LogP contribution in [0.3, 0.4) is 0 Å². The summed E-state index contributed by atoms with van der Waals surface area (Å²) >= 11 is 0. The maximum Gasteiger partial charge on any atom is 0.146 e. The van der Waals surface area contributed by atoms with E-state index in [1.807, 2.05) is 18.2 Å². The number of rotatable bonds is 4. The Morgan fingerprint density at radius 3 is 2.66 bits per heavy atom. The Morgan fingerprint density at radius 1 is 1.03 bits per heavy atom. The lowest BCUT2D eigenvalue weighted by Crippen LogP contribution is -2.35. The van der Waals surface area contributed by atoms with E-state index in [1.54, 1.807) is 18.5 Å². The van der Waals surface area contributed by atoms with Gasteiger partial charge in [-0.05, 0) is 29.8 Å². The van der Waals surface area contributed by atoms with E-state index in [0.29, 0.717) is 11.4 Å². The second-order valence-electron chi connectivity index (χ2n) is 7.05. The molecule has 0 atom stereocenters. The number of nitrogens with zero attached hydrogens (tertiary/aromatic N) is 4. The number of hydrogen-bond acceptors (Lipinski definition) is 6. The average Bonchev–Trinajstić information content (AvgIpc) is 3.13. The summed E-state index contributed by atoms with van der Waals surface area (Å²) in [6.07, 6.45) is 3.35. The van der Waals surface area contributed by atoms with E-state index in [2.05, 4.69) is 38.1 Å². The van der Waals surface area contributed by atoms with E-state index in [9.17, 15) is 0 Å². The summed E-state index contributed by atoms with van der Waals surface area (Å²) in [5.74, 6) is 1.41. The zero-order chi connectivity index (χ0) is 19.6. The van der Waals surface area contributed by atoms with Crippen molar-refractivity contribution in [1.29, 1.82) is 5.26 Å². The SMILES string of the molecule is N#Cc1cc2c(cn1)[nH]c1ncc(Oc3ccc(CN4CCOCC4)cc3)cc12. The zero-order valence-corrected chi connectivity index (χ0v) is 15.8. The second kappa shape index (κ2) is 7.51. The molecule has 7 heteroatoms. The Hall–Kier alpha value is -3.47. The van der Waals surface area contributed by atoms with Crippen molar-refractivity contribution >= 4 is 21.9 Å². The first-order chi connectivity index (χ1) is 14.3. The number of ether oxygens (including phenoxy) is 2. The van der Waals surface area contributed by atoms with Gasteiger partial charge >= 0.3 is 0 Å². The molecule has 0 amide bonds. The molecule has 0 bridgehead atoms. The van der Waals surface area contributed by atoms with Gasteiger partial charge in [-0.15, -0.1) is 0 Å². The first kappa shape index (κ1) is 17.6. The molecule has 4 aromatic rings. The molecule has 3 aromatic heterocycles. The van der Waals surface area contributed by atoms with Gasteiger partial charge in [0.1, 0.15) is 28.9 Å². The smallest absolute Gasteiger partial charge is 0.146 e. The Balaban J connectivity index is 1.36. The van der Waals surface area contributed by atoms with E-state index in [1.165, 1.54) is 5.56 Å². The minimum absolute atomic E-state index is 0.376. The average molecular weight is 385 g/mol. The van der Waals surface area contributed by atoms with E-state index in [4.69, 9.17) is 14.7 Å². The van der Waals surface area contributed by atoms with Crippen molar-refractivity contribution in [2.24, 2.45) is 0 Å². The molecule has 0 spiro atoms. The molecule has 4 heterocycles. The fourth-order valence-electron chi connectivity index (χ4n) is 3.59. The number of fused-ring (bicyclic) bond motifs is 3. The van der Waals surface area contributed by atoms with Crippen molar-refractivity contribution in [2.75, 3.05) is 26.3 Å². The van der Waals surface area contributed by atoms with E-state index >= 15 is 0 Å². The number of H-pyrrole nitrogens is 1. The number of morpholine rings is 1. The molecular formula is C22H19N5O2. The van der Waals surface area contributed by atoms with Crippen LogP contribution in [0.25, 0.3) is 21.9 Å². The molecule has 29 heavy (non-hydrogen) atoms. The maximum atomic E-state index is 9.11. The first-order valence-corrected chi connectivity index (χ1v) is 9.53. The fraction of sp³-hybridized carbons (Fsp3) is 0.227. The zero-order valence-electron chi connectivity index (χ0n) is 15.8. The molecule has 0 aliphatic carbocycles. The lowest BCUT2D eigenvalue weighted by Gasteiger charge is -2.26. The molecule has 7 nitrogen and oxygen atoms in total. The van der Waals surface area contributed by atoms with E-state index < -0.39 is 0 Å². The highest BCUT2D eigenvalue weighted by molar-refractivity contribution is 6.06. The maximum absolute atomic E-state index is 9.11. The molecular weight excluding hydrogens is 366 g/mol. The molecule has 144 valence electrons. The Bertz CT molecular complexity index is 1200. The summed E-state index contributed by atoms with van der Waals surface area (Å²) in [6, 6.07) is 13.9. The van der Waals surface area contributed by atoms with Gasteiger partial charge < -0.3 is 14.5 Å². The lowest BCUT2D eigenvalue weighted by atomic mass is 10.2. The Labute approximate surface area is 167 Å². The quantitative estimate of drug-likeness (QED) is 0.577. The van der Waals surface area contributed by atoms with Crippen LogP contribution in [0.2, 0.25) is 0 Å². The molecule has 1 N–H and O–H groups in total. The highest BCUT2D eigenvalue weighted by atomic mass is 16.5. The van der Waals surface area contributed by atoms with Crippen LogP contribution in [0.4, 0.5) is 0 Å². The van der Waals surface area contributed by atoms with Crippen LogP contribution in [0.5, 0.6) is 11.5 Å². The Morgan fingerprint density at radius 2 is 1.86 bits per heavy atom. The van der Waals surface area contributed by atoms with E-state index in [0.717, 1.165) is 60.5 Å². The highest BCUT2D eigenvalue weighted by Gasteiger charge is 2.11. The minimum Gasteiger partial charge on any atom is -0.456 e. The molecule has 0 radical (unpaired) electrons. The predicted octanol–water partition coefficient (Wildman–Crippen LogP) is 3.61. The van der Waals surface area contributed by atoms with Crippen molar-refractivity contribution in [1.82, 2.24) is 19.9 Å². The third kappa shape index (κ3) is 3.63. The van der Waals surface area contributed by atoms with Gasteiger partial charge in [0.05, 0.1) is 31.1 Å². The van der Waals surface area contributed by atoms with Crippen LogP contribution in [0.15, 0.2) is 48.8 Å². The third-order valence-corrected chi connectivity index (χ3v) is 5.09. The Kier molecular flexibility index (Phi) is 4.56. The van der Waals surface area contributed by atoms with Gasteiger partial charge in [0.15, 0.2) is 0 Å². The van der Waals surface area contributed by atoms with Crippen LogP contribution < -0.4 is 4.74 Å². The van der Waals surface area contributed by atoms with Crippen molar-refractivity contribution in [3.8, 4) is 17.6 Å². The molecule has 0 saturated carbocycles. The standard InChI is InChI=1S/C22H19N5O2/c23-11-16-9-19-20-10-18(12-25-22(20)26-21(19)13-24-16)29-17-3-1-15(2-4-17)14-27-5-7-28-8-6-27/h1-4,9-10,12-13H,5-8,14H2,(H,25,26). The largest absolute Gasteiger partial charge is 0.456 e. The molecule has 0 unspecified atom stereocenters. The minimum atomic E-state index is 0.376. The number of benzene rings is 1. The van der Waals surface area contributed by atoms with Crippen LogP contribution in [-0.4, -0.2) is 46.2 Å². The number of nitrogens with one attached hydrogen (secondary N) is 1. The van der Waals surface area contributed by atoms with Gasteiger partial charge in [0, 0.05) is 30.4 Å². The summed E-state index contributed by atoms with van der Waals surface area (Å²) in [5.41, 5.74) is 3.21. The van der Waals surface area contributed by atoms with Crippen LogP contribution in [0.1, 0.15) is 11.3 Å². The first-order valence-electron chi connectivity index (χ1n) is 9.53. The summed E-state index contributed by atoms with van der Waals surface area (Å²) in [6.45, 7) is 4.46. The molecule has 1 aliphatic rings. The fourth-order valence-corrected chi connectivity index (χ4v) is 3.59. The van der Waals surface area contributed by atoms with Gasteiger partial charge in [-0.25, -0.2) is 9.97 Å². The summed E-state index contributed by atoms with van der Waals surface area (Å²) in [4.78, 5) is 14.2. The van der Waals surface area contributed by atoms with E-state index in [-0.39, 0.29) is 0 Å². The molecule has 1 fully saturated rings. The summed E-state index contributed by atoms with van der Waals surface area (Å²) in [5, 5.41) is 10.9. The highest BCUT2D eigenvalue weighted by Crippen LogP contribution is 2.29. The van der Waals surface area contributed by atoms with Crippen LogP contribution in [0, 0.1) is 11.3 Å². The van der Waals surface area contributed by atoms with Gasteiger partial charge in [-0.1, -0.05) is 12.1 Å². The predicted molar refractivity (Wildman–Crippen MR) is 109 cm³/mol. The summed E-state index contributed by atoms with van der Waals surface area (Å²) < 4.78 is 11.4. The number of pyridine rings is 2. The van der Waals surface area contributed by atoms with Crippen LogP contribution in [-0.2, 0) is 11.3 Å². The topological polar surface area (TPSA) is 87.1 Å². The van der Waals surface area contributed by atoms with Gasteiger partial charge in [-0.3, -0.25) is 4.90 Å². The molecule has 1 aromatic carbocycles. The molecule has 5 rings (SSSR count). The van der Waals surface area contributed by atoms with Crippen molar-refractivity contribution in [2.45, 2.75) is 6.54 Å². The van der Waals surface area contributed by atoms with Gasteiger partial charge in [0.25, 0.3) is 0 Å². The second-order valence-corrected chi connectivity index (χ2v) is 7.05. The lowest BCUT2D eigenvalue weighted by molar-refractivity contribution is 0.0342. The van der Waals surface area contributed by atoms with Crippen molar-refractivity contribution in [3.63, 3.8) is 0 Å². The van der Waals surface area contributed by atoms with Gasteiger partial charge in [0.2, 0.25) is 0 Å². The number of aromatic nitrogens is 3. The molecule has 1 saturated heterocycles. The number of hydrogen-bond donors (Lipinski definition) is 1. The van der Waals surface area contributed by atoms with Crippen molar-refractivity contribution in [3.05, 3.63) is 60.0 Å². The summed E-state index contributed by atoms with van der Waals surface area (Å²) in [7, 11) is 0.